The number of nitrogens with one attached hydrogen (secondary N) is 2. The van der Waals surface area contributed by atoms with Crippen molar-refractivity contribution in [3.05, 3.63) is 24.3 Å². The van der Waals surface area contributed by atoms with Gasteiger partial charge in [-0.1, -0.05) is 6.92 Å². The van der Waals surface area contributed by atoms with Gasteiger partial charge in [-0.25, -0.2) is 13.1 Å². The van der Waals surface area contributed by atoms with Gasteiger partial charge in [-0.15, -0.1) is 0 Å². The number of rotatable bonds is 7. The fraction of sp³-hybridized carbons (Fsp3) is 0.538. The van der Waals surface area contributed by atoms with Gasteiger partial charge in [-0.05, 0) is 43.5 Å². The Bertz CT molecular complexity index is 509. The molecule has 1 fully saturated rings. The largest absolute Gasteiger partial charge is 0.391 e. The van der Waals surface area contributed by atoms with E-state index in [1.165, 1.54) is 0 Å². The molecule has 0 heterocycles. The molecule has 1 atom stereocenters. The van der Waals surface area contributed by atoms with Crippen LogP contribution in [-0.2, 0) is 10.0 Å². The van der Waals surface area contributed by atoms with Gasteiger partial charge in [-0.3, -0.25) is 0 Å². The Morgan fingerprint density at radius 2 is 1.95 bits per heavy atom. The first kappa shape index (κ1) is 14.3. The summed E-state index contributed by atoms with van der Waals surface area (Å²) >= 11 is 0. The molecule has 1 aliphatic carbocycles. The quantitative estimate of drug-likeness (QED) is 0.705. The van der Waals surface area contributed by atoms with E-state index in [2.05, 4.69) is 10.0 Å². The van der Waals surface area contributed by atoms with Gasteiger partial charge in [0.05, 0.1) is 11.0 Å². The third kappa shape index (κ3) is 4.19. The maximum absolute atomic E-state index is 11.9. The molecule has 106 valence electrons. The second-order valence-electron chi connectivity index (χ2n) is 4.86. The summed E-state index contributed by atoms with van der Waals surface area (Å²) in [6.07, 6.45) is 2.15. The summed E-state index contributed by atoms with van der Waals surface area (Å²) in [7, 11) is -3.38. The third-order valence-corrected chi connectivity index (χ3v) is 4.61. The SMILES string of the molecule is CCC(O)CNc1ccc(S(=O)(=O)NC2CC2)cc1. The topological polar surface area (TPSA) is 78.4 Å². The lowest BCUT2D eigenvalue weighted by atomic mass is 10.2. The van der Waals surface area contributed by atoms with Gasteiger partial charge in [0.1, 0.15) is 0 Å². The van der Waals surface area contributed by atoms with E-state index in [-0.39, 0.29) is 17.0 Å². The molecule has 0 radical (unpaired) electrons. The Hall–Kier alpha value is -1.11. The van der Waals surface area contributed by atoms with Gasteiger partial charge in [0.15, 0.2) is 0 Å². The number of hydrogen-bond donors (Lipinski definition) is 3. The van der Waals surface area contributed by atoms with Crippen molar-refractivity contribution >= 4 is 15.7 Å². The zero-order chi connectivity index (χ0) is 13.9. The van der Waals surface area contributed by atoms with Gasteiger partial charge in [-0.2, -0.15) is 0 Å². The fourth-order valence-corrected chi connectivity index (χ4v) is 2.93. The summed E-state index contributed by atoms with van der Waals surface area (Å²) in [6, 6.07) is 6.69. The van der Waals surface area contributed by atoms with Crippen LogP contribution in [0.15, 0.2) is 29.2 Å². The highest BCUT2D eigenvalue weighted by Crippen LogP contribution is 2.22. The first-order valence-electron chi connectivity index (χ1n) is 6.55. The van der Waals surface area contributed by atoms with E-state index in [0.29, 0.717) is 13.0 Å². The van der Waals surface area contributed by atoms with Gasteiger partial charge in [0.2, 0.25) is 10.0 Å². The molecule has 5 nitrogen and oxygen atoms in total. The van der Waals surface area contributed by atoms with Crippen molar-refractivity contribution in [3.63, 3.8) is 0 Å². The van der Waals surface area contributed by atoms with Crippen LogP contribution in [-0.4, -0.2) is 32.2 Å². The minimum atomic E-state index is -3.38. The predicted molar refractivity (Wildman–Crippen MR) is 74.6 cm³/mol. The lowest BCUT2D eigenvalue weighted by Gasteiger charge is -2.11. The molecule has 0 aliphatic heterocycles. The molecule has 0 amide bonds. The van der Waals surface area contributed by atoms with E-state index in [1.807, 2.05) is 6.92 Å². The van der Waals surface area contributed by atoms with Crippen LogP contribution in [0.4, 0.5) is 5.69 Å². The maximum atomic E-state index is 11.9. The monoisotopic (exact) mass is 284 g/mol. The van der Waals surface area contributed by atoms with Crippen LogP contribution < -0.4 is 10.0 Å². The molecule has 2 rings (SSSR count). The highest BCUT2D eigenvalue weighted by Gasteiger charge is 2.27. The maximum Gasteiger partial charge on any atom is 0.240 e. The van der Waals surface area contributed by atoms with E-state index >= 15 is 0 Å². The standard InChI is InChI=1S/C13H20N2O3S/c1-2-12(16)9-14-10-5-7-13(8-6-10)19(17,18)15-11-3-4-11/h5-8,11-12,14-16H,2-4,9H2,1H3. The van der Waals surface area contributed by atoms with Crippen LogP contribution in [0.2, 0.25) is 0 Å². The van der Waals surface area contributed by atoms with Gasteiger partial charge < -0.3 is 10.4 Å². The zero-order valence-corrected chi connectivity index (χ0v) is 11.8. The summed E-state index contributed by atoms with van der Waals surface area (Å²) in [4.78, 5) is 0.279. The number of sulfonamides is 1. The zero-order valence-electron chi connectivity index (χ0n) is 11.0. The van der Waals surface area contributed by atoms with Crippen molar-refractivity contribution in [1.29, 1.82) is 0 Å². The van der Waals surface area contributed by atoms with Crippen molar-refractivity contribution in [3.8, 4) is 0 Å². The Kier molecular flexibility index (Phi) is 4.44. The number of benzene rings is 1. The summed E-state index contributed by atoms with van der Waals surface area (Å²) in [5.74, 6) is 0. The molecule has 0 spiro atoms. The molecule has 1 aromatic rings. The summed E-state index contributed by atoms with van der Waals surface area (Å²) < 4.78 is 26.5. The van der Waals surface area contributed by atoms with Crippen LogP contribution in [0.25, 0.3) is 0 Å². The molecule has 19 heavy (non-hydrogen) atoms. The minimum Gasteiger partial charge on any atom is -0.391 e. The van der Waals surface area contributed by atoms with Crippen molar-refractivity contribution in [2.75, 3.05) is 11.9 Å². The molecular weight excluding hydrogens is 264 g/mol. The minimum absolute atomic E-state index is 0.113. The van der Waals surface area contributed by atoms with Crippen LogP contribution in [0.1, 0.15) is 26.2 Å². The summed E-state index contributed by atoms with van der Waals surface area (Å²) in [5.41, 5.74) is 0.804. The molecule has 1 aromatic carbocycles. The summed E-state index contributed by atoms with van der Waals surface area (Å²) in [5, 5.41) is 12.5. The molecular formula is C13H20N2O3S. The van der Waals surface area contributed by atoms with E-state index < -0.39 is 10.0 Å². The van der Waals surface area contributed by atoms with Crippen LogP contribution in [0.3, 0.4) is 0 Å². The molecule has 1 saturated carbocycles. The Labute approximate surface area is 114 Å². The van der Waals surface area contributed by atoms with Crippen LogP contribution >= 0.6 is 0 Å². The second kappa shape index (κ2) is 5.90. The predicted octanol–water partition coefficient (Wildman–Crippen LogP) is 1.31. The average molecular weight is 284 g/mol. The van der Waals surface area contributed by atoms with E-state index in [4.69, 9.17) is 0 Å². The number of hydrogen-bond acceptors (Lipinski definition) is 4. The van der Waals surface area contributed by atoms with E-state index in [1.54, 1.807) is 24.3 Å². The molecule has 1 unspecified atom stereocenters. The third-order valence-electron chi connectivity index (χ3n) is 3.08. The molecule has 0 bridgehead atoms. The summed E-state index contributed by atoms with van der Waals surface area (Å²) in [6.45, 7) is 2.37. The number of aliphatic hydroxyl groups is 1. The van der Waals surface area contributed by atoms with Crippen molar-refractivity contribution in [1.82, 2.24) is 4.72 Å². The van der Waals surface area contributed by atoms with E-state index in [9.17, 15) is 13.5 Å². The van der Waals surface area contributed by atoms with E-state index in [0.717, 1.165) is 18.5 Å². The van der Waals surface area contributed by atoms with Crippen LogP contribution in [0, 0.1) is 0 Å². The lowest BCUT2D eigenvalue weighted by molar-refractivity contribution is 0.183. The Balaban J connectivity index is 1.97. The van der Waals surface area contributed by atoms with Crippen molar-refractivity contribution in [2.24, 2.45) is 0 Å². The van der Waals surface area contributed by atoms with Gasteiger partial charge in [0, 0.05) is 18.3 Å². The van der Waals surface area contributed by atoms with Crippen LogP contribution in [0.5, 0.6) is 0 Å². The molecule has 0 saturated heterocycles. The van der Waals surface area contributed by atoms with Crippen molar-refractivity contribution in [2.45, 2.75) is 43.2 Å². The van der Waals surface area contributed by atoms with Gasteiger partial charge >= 0.3 is 0 Å². The number of anilines is 1. The Morgan fingerprint density at radius 3 is 2.47 bits per heavy atom. The normalized spacial score (nSPS) is 17.2. The highest BCUT2D eigenvalue weighted by molar-refractivity contribution is 7.89. The lowest BCUT2D eigenvalue weighted by Crippen LogP contribution is -2.25. The fourth-order valence-electron chi connectivity index (χ4n) is 1.62. The first-order chi connectivity index (χ1) is 9.01. The average Bonchev–Trinajstić information content (AvgIpc) is 3.19. The van der Waals surface area contributed by atoms with Gasteiger partial charge in [0.25, 0.3) is 0 Å². The molecule has 6 heteroatoms. The van der Waals surface area contributed by atoms with Crippen molar-refractivity contribution < 1.29 is 13.5 Å². The smallest absolute Gasteiger partial charge is 0.240 e. The Morgan fingerprint density at radius 1 is 1.32 bits per heavy atom. The molecule has 3 N–H and O–H groups in total. The molecule has 1 aliphatic rings. The second-order valence-corrected chi connectivity index (χ2v) is 6.58. The highest BCUT2D eigenvalue weighted by atomic mass is 32.2. The number of aliphatic hydroxyl groups excluding tert-OH is 1. The first-order valence-corrected chi connectivity index (χ1v) is 8.04. The molecule has 0 aromatic heterocycles.